The van der Waals surface area contributed by atoms with E-state index >= 15 is 0 Å². The third kappa shape index (κ3) is 5.21. The van der Waals surface area contributed by atoms with Crippen LogP contribution in [0.4, 0.5) is 0 Å². The first-order chi connectivity index (χ1) is 15.2. The molecule has 0 bridgehead atoms. The maximum absolute atomic E-state index is 12.1. The third-order valence-corrected chi connectivity index (χ3v) is 6.58. The van der Waals surface area contributed by atoms with Crippen LogP contribution in [0.15, 0.2) is 60.1 Å². The first-order valence-corrected chi connectivity index (χ1v) is 11.3. The number of piperidine rings is 1. The largest absolute Gasteiger partial charge is 0.355 e. The van der Waals surface area contributed by atoms with Gasteiger partial charge in [0, 0.05) is 50.2 Å². The Morgan fingerprint density at radius 1 is 1.16 bits per heavy atom. The lowest BCUT2D eigenvalue weighted by Crippen LogP contribution is -2.37. The van der Waals surface area contributed by atoms with E-state index in [9.17, 15) is 9.59 Å². The van der Waals surface area contributed by atoms with Crippen LogP contribution in [-0.4, -0.2) is 41.8 Å². The summed E-state index contributed by atoms with van der Waals surface area (Å²) in [5.41, 5.74) is 7.45. The van der Waals surface area contributed by atoms with Crippen molar-refractivity contribution in [1.29, 1.82) is 0 Å². The molecular formula is C27H35N3O2. The number of allylic oxidation sites excluding steroid dienone is 5. The molecule has 0 spiro atoms. The van der Waals surface area contributed by atoms with Crippen LogP contribution in [0.5, 0.6) is 0 Å². The van der Waals surface area contributed by atoms with Crippen molar-refractivity contribution in [2.75, 3.05) is 20.1 Å². The van der Waals surface area contributed by atoms with Crippen LogP contribution in [0, 0.1) is 12.8 Å². The first-order valence-electron chi connectivity index (χ1n) is 11.3. The molecule has 1 N–H and O–H groups in total. The number of amides is 2. The number of carbonyl (C=O) groups excluding carboxylic acids is 2. The summed E-state index contributed by atoms with van der Waals surface area (Å²) in [5.74, 6) is 0.594. The Hall–Kier alpha value is -3.08. The second kappa shape index (κ2) is 10.0. The van der Waals surface area contributed by atoms with E-state index in [1.165, 1.54) is 16.8 Å². The van der Waals surface area contributed by atoms with Crippen molar-refractivity contribution in [3.63, 3.8) is 0 Å². The van der Waals surface area contributed by atoms with E-state index in [2.05, 4.69) is 55.9 Å². The van der Waals surface area contributed by atoms with Gasteiger partial charge in [-0.05, 0) is 92.5 Å². The highest BCUT2D eigenvalue weighted by Crippen LogP contribution is 2.35. The number of benzene rings is 1. The van der Waals surface area contributed by atoms with E-state index in [1.54, 1.807) is 14.0 Å². The van der Waals surface area contributed by atoms with Gasteiger partial charge in [-0.1, -0.05) is 12.6 Å². The molecule has 2 aliphatic rings. The zero-order chi connectivity index (χ0) is 23.4. The van der Waals surface area contributed by atoms with Crippen molar-refractivity contribution in [3.05, 3.63) is 76.8 Å². The molecule has 0 aliphatic carbocycles. The van der Waals surface area contributed by atoms with Crippen molar-refractivity contribution in [2.24, 2.45) is 5.92 Å². The molecule has 2 aliphatic heterocycles. The molecule has 0 radical (unpaired) electrons. The normalized spacial score (nSPS) is 17.8. The van der Waals surface area contributed by atoms with Crippen molar-refractivity contribution < 1.29 is 9.59 Å². The van der Waals surface area contributed by atoms with Gasteiger partial charge in [-0.15, -0.1) is 0 Å². The zero-order valence-corrected chi connectivity index (χ0v) is 20.0. The van der Waals surface area contributed by atoms with E-state index in [0.29, 0.717) is 11.5 Å². The molecule has 0 saturated carbocycles. The van der Waals surface area contributed by atoms with Gasteiger partial charge in [0.15, 0.2) is 0 Å². The second-order valence-corrected chi connectivity index (χ2v) is 8.90. The fourth-order valence-electron chi connectivity index (χ4n) is 4.61. The summed E-state index contributed by atoms with van der Waals surface area (Å²) in [6, 6.07) is 5.88. The molecule has 170 valence electrons. The Kier molecular flexibility index (Phi) is 7.39. The van der Waals surface area contributed by atoms with Crippen molar-refractivity contribution >= 4 is 17.4 Å². The third-order valence-electron chi connectivity index (χ3n) is 6.58. The summed E-state index contributed by atoms with van der Waals surface area (Å²) in [5, 5.41) is 2.69. The van der Waals surface area contributed by atoms with Crippen LogP contribution >= 0.6 is 0 Å². The van der Waals surface area contributed by atoms with Gasteiger partial charge in [0.05, 0.1) is 0 Å². The number of hydrogen-bond acceptors (Lipinski definition) is 3. The molecule has 1 fully saturated rings. The number of nitrogens with one attached hydrogen (secondary N) is 1. The molecule has 0 unspecified atom stereocenters. The van der Waals surface area contributed by atoms with Gasteiger partial charge in [0.2, 0.25) is 5.91 Å². The molecule has 1 aromatic rings. The van der Waals surface area contributed by atoms with E-state index in [4.69, 9.17) is 0 Å². The van der Waals surface area contributed by atoms with E-state index < -0.39 is 0 Å². The van der Waals surface area contributed by atoms with Crippen molar-refractivity contribution in [2.45, 2.75) is 47.0 Å². The Labute approximate surface area is 192 Å². The average Bonchev–Trinajstić information content (AvgIpc) is 2.77. The van der Waals surface area contributed by atoms with Crippen LogP contribution in [0.1, 0.15) is 61.5 Å². The molecule has 1 saturated heterocycles. The highest BCUT2D eigenvalue weighted by Gasteiger charge is 2.25. The summed E-state index contributed by atoms with van der Waals surface area (Å²) in [7, 11) is 1.65. The van der Waals surface area contributed by atoms with Gasteiger partial charge in [-0.25, -0.2) is 0 Å². The van der Waals surface area contributed by atoms with Gasteiger partial charge in [-0.3, -0.25) is 9.59 Å². The first kappa shape index (κ1) is 23.6. The van der Waals surface area contributed by atoms with Crippen LogP contribution in [0.25, 0.3) is 5.57 Å². The van der Waals surface area contributed by atoms with Crippen LogP contribution < -0.4 is 5.32 Å². The average molecular weight is 434 g/mol. The predicted molar refractivity (Wildman–Crippen MR) is 131 cm³/mol. The highest BCUT2D eigenvalue weighted by molar-refractivity contribution is 5.94. The summed E-state index contributed by atoms with van der Waals surface area (Å²) < 4.78 is 0. The van der Waals surface area contributed by atoms with Gasteiger partial charge >= 0.3 is 0 Å². The number of hydrogen-bond donors (Lipinski definition) is 1. The smallest absolute Gasteiger partial charge is 0.251 e. The lowest BCUT2D eigenvalue weighted by Gasteiger charge is -2.35. The molecule has 2 heterocycles. The Morgan fingerprint density at radius 2 is 1.84 bits per heavy atom. The molecule has 0 aromatic heterocycles. The molecule has 0 atom stereocenters. The fourth-order valence-corrected chi connectivity index (χ4v) is 4.61. The highest BCUT2D eigenvalue weighted by atomic mass is 16.2. The SMILES string of the molecule is C=C1C=C(C)C=CN1/C(CC1CCN(C(C)=O)CC1)=C(\C)c1ccc(C(=O)NC)cc1C. The second-order valence-electron chi connectivity index (χ2n) is 8.90. The van der Waals surface area contributed by atoms with E-state index in [1.807, 2.05) is 23.1 Å². The summed E-state index contributed by atoms with van der Waals surface area (Å²) >= 11 is 0. The Balaban J connectivity index is 1.96. The van der Waals surface area contributed by atoms with Crippen molar-refractivity contribution in [3.8, 4) is 0 Å². The van der Waals surface area contributed by atoms with E-state index in [0.717, 1.165) is 49.2 Å². The fraction of sp³-hybridized carbons (Fsp3) is 0.407. The van der Waals surface area contributed by atoms with Crippen LogP contribution in [0.2, 0.25) is 0 Å². The van der Waals surface area contributed by atoms with Crippen LogP contribution in [0.3, 0.4) is 0 Å². The summed E-state index contributed by atoms with van der Waals surface area (Å²) in [6.07, 6.45) is 9.25. The predicted octanol–water partition coefficient (Wildman–Crippen LogP) is 5.02. The number of rotatable bonds is 5. The zero-order valence-electron chi connectivity index (χ0n) is 20.0. The minimum atomic E-state index is -0.0771. The molecule has 5 heteroatoms. The molecule has 5 nitrogen and oxygen atoms in total. The molecule has 32 heavy (non-hydrogen) atoms. The number of aryl methyl sites for hydroxylation is 1. The monoisotopic (exact) mass is 433 g/mol. The minimum absolute atomic E-state index is 0.0771. The molecular weight excluding hydrogens is 398 g/mol. The summed E-state index contributed by atoms with van der Waals surface area (Å²) in [4.78, 5) is 27.9. The molecule has 1 aromatic carbocycles. The molecule has 2 amide bonds. The maximum Gasteiger partial charge on any atom is 0.251 e. The van der Waals surface area contributed by atoms with Gasteiger partial charge in [0.25, 0.3) is 5.91 Å². The number of nitrogens with zero attached hydrogens (tertiary/aromatic N) is 2. The lowest BCUT2D eigenvalue weighted by molar-refractivity contribution is -0.130. The van der Waals surface area contributed by atoms with Gasteiger partial charge in [-0.2, -0.15) is 0 Å². The number of carbonyl (C=O) groups is 2. The van der Waals surface area contributed by atoms with Crippen LogP contribution in [-0.2, 0) is 4.79 Å². The summed E-state index contributed by atoms with van der Waals surface area (Å²) in [6.45, 7) is 13.9. The quantitative estimate of drug-likeness (QED) is 0.709. The van der Waals surface area contributed by atoms with Gasteiger partial charge in [0.1, 0.15) is 0 Å². The topological polar surface area (TPSA) is 52.7 Å². The number of likely N-dealkylation sites (tertiary alicyclic amines) is 1. The Morgan fingerprint density at radius 3 is 2.41 bits per heavy atom. The maximum atomic E-state index is 12.1. The van der Waals surface area contributed by atoms with Crippen molar-refractivity contribution in [1.82, 2.24) is 15.1 Å². The van der Waals surface area contributed by atoms with E-state index in [-0.39, 0.29) is 11.8 Å². The minimum Gasteiger partial charge on any atom is -0.355 e. The standard InChI is InChI=1S/C27H35N3O2/c1-18-9-14-30(20(3)15-18)26(17-23-10-12-29(13-11-23)22(5)31)21(4)25-8-7-24(16-19(25)2)27(32)28-6/h7-9,14-16,23H,3,10-13,17H2,1-2,4-6H3,(H,28,32)/b26-21+. The Bertz CT molecular complexity index is 1010. The molecule has 3 rings (SSSR count). The lowest BCUT2D eigenvalue weighted by atomic mass is 9.88. The van der Waals surface area contributed by atoms with Gasteiger partial charge < -0.3 is 15.1 Å².